The molecule has 1 aromatic rings. The smallest absolute Gasteiger partial charge is 0.120 e. The first-order valence-electron chi connectivity index (χ1n) is 11.3. The number of ether oxygens (including phenoxy) is 3. The van der Waals surface area contributed by atoms with Gasteiger partial charge in [-0.25, -0.2) is 0 Å². The van der Waals surface area contributed by atoms with E-state index in [1.165, 1.54) is 44.1 Å². The van der Waals surface area contributed by atoms with Gasteiger partial charge < -0.3 is 14.2 Å². The van der Waals surface area contributed by atoms with Gasteiger partial charge in [-0.1, -0.05) is 31.9 Å². The van der Waals surface area contributed by atoms with Crippen molar-refractivity contribution < 1.29 is 14.2 Å². The van der Waals surface area contributed by atoms with Crippen LogP contribution in [0, 0.1) is 5.92 Å². The molecular weight excluding hydrogens is 348 g/mol. The lowest BCUT2D eigenvalue weighted by Gasteiger charge is -2.35. The fraction of sp³-hybridized carbons (Fsp3) is 0.760. The highest BCUT2D eigenvalue weighted by molar-refractivity contribution is 5.30. The van der Waals surface area contributed by atoms with Crippen molar-refractivity contribution in [3.63, 3.8) is 0 Å². The SMILES string of the molecule is CCCC1CCC(c2ccc(OC(C)(C)CC(C)(C)OCC3CO3)cc2)CC1. The molecule has 0 radical (unpaired) electrons. The summed E-state index contributed by atoms with van der Waals surface area (Å²) in [5.74, 6) is 2.64. The van der Waals surface area contributed by atoms with Gasteiger partial charge in [0.2, 0.25) is 0 Å². The lowest BCUT2D eigenvalue weighted by atomic mass is 9.77. The van der Waals surface area contributed by atoms with Gasteiger partial charge in [-0.3, -0.25) is 0 Å². The van der Waals surface area contributed by atoms with Crippen LogP contribution in [0.25, 0.3) is 0 Å². The Morgan fingerprint density at radius 1 is 0.964 bits per heavy atom. The van der Waals surface area contributed by atoms with Gasteiger partial charge in [-0.15, -0.1) is 0 Å². The summed E-state index contributed by atoms with van der Waals surface area (Å²) in [6.07, 6.45) is 9.33. The fourth-order valence-corrected chi connectivity index (χ4v) is 4.91. The zero-order valence-corrected chi connectivity index (χ0v) is 18.6. The highest BCUT2D eigenvalue weighted by atomic mass is 16.6. The molecule has 1 heterocycles. The first kappa shape index (κ1) is 21.6. The number of benzene rings is 1. The van der Waals surface area contributed by atoms with Gasteiger partial charge in [0.05, 0.1) is 18.8 Å². The summed E-state index contributed by atoms with van der Waals surface area (Å²) in [5, 5.41) is 0. The van der Waals surface area contributed by atoms with E-state index in [2.05, 4.69) is 58.9 Å². The topological polar surface area (TPSA) is 31.0 Å². The normalized spacial score (nSPS) is 25.5. The lowest BCUT2D eigenvalue weighted by molar-refractivity contribution is -0.0691. The van der Waals surface area contributed by atoms with Crippen molar-refractivity contribution in [2.75, 3.05) is 13.2 Å². The second kappa shape index (κ2) is 9.17. The number of rotatable bonds is 10. The Bertz CT molecular complexity index is 593. The molecule has 0 bridgehead atoms. The van der Waals surface area contributed by atoms with E-state index in [4.69, 9.17) is 14.2 Å². The van der Waals surface area contributed by atoms with E-state index in [1.54, 1.807) is 0 Å². The molecule has 0 spiro atoms. The third kappa shape index (κ3) is 6.77. The molecule has 3 rings (SSSR count). The Balaban J connectivity index is 1.50. The van der Waals surface area contributed by atoms with Gasteiger partial charge >= 0.3 is 0 Å². The zero-order valence-electron chi connectivity index (χ0n) is 18.6. The molecule has 158 valence electrons. The van der Waals surface area contributed by atoms with Crippen molar-refractivity contribution in [3.05, 3.63) is 29.8 Å². The van der Waals surface area contributed by atoms with Crippen LogP contribution in [0.1, 0.15) is 91.0 Å². The predicted octanol–water partition coefficient (Wildman–Crippen LogP) is 6.50. The van der Waals surface area contributed by atoms with Gasteiger partial charge in [-0.2, -0.15) is 0 Å². The molecule has 1 aliphatic carbocycles. The lowest BCUT2D eigenvalue weighted by Crippen LogP contribution is -2.40. The Morgan fingerprint density at radius 2 is 1.61 bits per heavy atom. The van der Waals surface area contributed by atoms with Crippen molar-refractivity contribution in [1.82, 2.24) is 0 Å². The van der Waals surface area contributed by atoms with Crippen molar-refractivity contribution in [1.29, 1.82) is 0 Å². The number of epoxide rings is 1. The fourth-order valence-electron chi connectivity index (χ4n) is 4.91. The summed E-state index contributed by atoms with van der Waals surface area (Å²) < 4.78 is 17.6. The molecule has 0 aromatic heterocycles. The van der Waals surface area contributed by atoms with Gasteiger partial charge in [0.25, 0.3) is 0 Å². The number of hydrogen-bond donors (Lipinski definition) is 0. The van der Waals surface area contributed by atoms with Crippen molar-refractivity contribution in [3.8, 4) is 5.75 Å². The largest absolute Gasteiger partial charge is 0.488 e. The number of hydrogen-bond acceptors (Lipinski definition) is 3. The highest BCUT2D eigenvalue weighted by Crippen LogP contribution is 2.38. The van der Waals surface area contributed by atoms with E-state index >= 15 is 0 Å². The molecule has 1 unspecified atom stereocenters. The van der Waals surface area contributed by atoms with Gasteiger partial charge in [0.15, 0.2) is 0 Å². The van der Waals surface area contributed by atoms with Gasteiger partial charge in [-0.05, 0) is 82.9 Å². The molecule has 1 saturated carbocycles. The maximum Gasteiger partial charge on any atom is 0.120 e. The minimum atomic E-state index is -0.284. The summed E-state index contributed by atoms with van der Waals surface area (Å²) in [6.45, 7) is 12.4. The van der Waals surface area contributed by atoms with Crippen molar-refractivity contribution >= 4 is 0 Å². The Morgan fingerprint density at radius 3 is 2.18 bits per heavy atom. The quantitative estimate of drug-likeness (QED) is 0.429. The predicted molar refractivity (Wildman–Crippen MR) is 115 cm³/mol. The van der Waals surface area contributed by atoms with E-state index in [0.29, 0.717) is 12.7 Å². The first-order chi connectivity index (χ1) is 13.3. The average Bonchev–Trinajstić information content (AvgIpc) is 3.45. The molecule has 28 heavy (non-hydrogen) atoms. The third-order valence-corrected chi connectivity index (χ3v) is 6.20. The van der Waals surface area contributed by atoms with E-state index in [9.17, 15) is 0 Å². The van der Waals surface area contributed by atoms with Crippen LogP contribution < -0.4 is 4.74 Å². The molecule has 3 nitrogen and oxygen atoms in total. The molecule has 1 aromatic carbocycles. The molecule has 3 heteroatoms. The monoisotopic (exact) mass is 388 g/mol. The van der Waals surface area contributed by atoms with Crippen molar-refractivity contribution in [2.45, 2.75) is 103 Å². The Labute approximate surface area is 172 Å². The van der Waals surface area contributed by atoms with Gasteiger partial charge in [0.1, 0.15) is 17.5 Å². The second-order valence-corrected chi connectivity index (χ2v) is 10.1. The standard InChI is InChI=1S/C25H40O3/c1-6-7-19-8-10-20(11-9-19)21-12-14-22(15-13-21)28-25(4,5)18-24(2,3)27-17-23-16-26-23/h12-15,19-20,23H,6-11,16-18H2,1-5H3. The minimum absolute atomic E-state index is 0.230. The van der Waals surface area contributed by atoms with Crippen molar-refractivity contribution in [2.24, 2.45) is 5.92 Å². The van der Waals surface area contributed by atoms with E-state index in [0.717, 1.165) is 30.6 Å². The Hall–Kier alpha value is -1.06. The van der Waals surface area contributed by atoms with Crippen LogP contribution in [0.4, 0.5) is 0 Å². The maximum absolute atomic E-state index is 6.34. The summed E-state index contributed by atoms with van der Waals surface area (Å²) in [4.78, 5) is 0. The van der Waals surface area contributed by atoms with Crippen LogP contribution in [0.3, 0.4) is 0 Å². The molecule has 1 saturated heterocycles. The second-order valence-electron chi connectivity index (χ2n) is 10.1. The van der Waals surface area contributed by atoms with E-state index < -0.39 is 0 Å². The van der Waals surface area contributed by atoms with E-state index in [-0.39, 0.29) is 11.2 Å². The zero-order chi connectivity index (χ0) is 20.2. The molecule has 0 N–H and O–H groups in total. The first-order valence-corrected chi connectivity index (χ1v) is 11.3. The Kier molecular flexibility index (Phi) is 7.09. The van der Waals surface area contributed by atoms with Crippen LogP contribution in [-0.4, -0.2) is 30.5 Å². The van der Waals surface area contributed by atoms with Gasteiger partial charge in [0, 0.05) is 6.42 Å². The van der Waals surface area contributed by atoms with Crippen LogP contribution in [-0.2, 0) is 9.47 Å². The summed E-state index contributed by atoms with van der Waals surface area (Å²) in [5.41, 5.74) is 0.966. The maximum atomic E-state index is 6.34. The third-order valence-electron chi connectivity index (χ3n) is 6.20. The molecular formula is C25H40O3. The summed E-state index contributed by atoms with van der Waals surface area (Å²) >= 11 is 0. The summed E-state index contributed by atoms with van der Waals surface area (Å²) in [6, 6.07) is 8.87. The van der Waals surface area contributed by atoms with Crippen LogP contribution in [0.2, 0.25) is 0 Å². The minimum Gasteiger partial charge on any atom is -0.488 e. The molecule has 2 aliphatic rings. The van der Waals surface area contributed by atoms with Crippen LogP contribution in [0.5, 0.6) is 5.75 Å². The molecule has 1 aliphatic heterocycles. The molecule has 0 amide bonds. The highest BCUT2D eigenvalue weighted by Gasteiger charge is 2.34. The average molecular weight is 389 g/mol. The van der Waals surface area contributed by atoms with Crippen LogP contribution >= 0.6 is 0 Å². The van der Waals surface area contributed by atoms with Crippen LogP contribution in [0.15, 0.2) is 24.3 Å². The summed E-state index contributed by atoms with van der Waals surface area (Å²) in [7, 11) is 0. The molecule has 1 atom stereocenters. The molecule has 2 fully saturated rings. The van der Waals surface area contributed by atoms with E-state index in [1.807, 2.05) is 0 Å².